The van der Waals surface area contributed by atoms with E-state index in [1.54, 1.807) is 0 Å². The van der Waals surface area contributed by atoms with E-state index in [4.69, 9.17) is 0 Å². The normalized spacial score (nSPS) is 26.5. The van der Waals surface area contributed by atoms with Crippen molar-refractivity contribution >= 4 is 0 Å². The van der Waals surface area contributed by atoms with E-state index in [0.717, 1.165) is 17.9 Å². The smallest absolute Gasteiger partial charge is 0.00924 e. The highest BCUT2D eigenvalue weighted by molar-refractivity contribution is 4.82. The Hall–Kier alpha value is -0.0400. The van der Waals surface area contributed by atoms with Crippen LogP contribution in [-0.4, -0.2) is 13.1 Å². The van der Waals surface area contributed by atoms with Gasteiger partial charge in [-0.15, -0.1) is 0 Å². The van der Waals surface area contributed by atoms with Crippen LogP contribution in [-0.2, 0) is 0 Å². The molecule has 0 amide bonds. The fraction of sp³-hybridized carbons (Fsp3) is 1.00. The molecule has 0 aromatic carbocycles. The number of rotatable bonds is 5. The zero-order valence-electron chi connectivity index (χ0n) is 8.89. The molecule has 2 aliphatic rings. The molecule has 1 atom stereocenters. The molecule has 0 radical (unpaired) electrons. The topological polar surface area (TPSA) is 12.0 Å². The molecular formula is C12H23N. The second-order valence-electron chi connectivity index (χ2n) is 4.96. The SMILES string of the molecule is CNC(CCC1CC1)C1CCCC1. The van der Waals surface area contributed by atoms with Gasteiger partial charge in [-0.2, -0.15) is 0 Å². The lowest BCUT2D eigenvalue weighted by atomic mass is 9.93. The van der Waals surface area contributed by atoms with E-state index in [9.17, 15) is 0 Å². The van der Waals surface area contributed by atoms with Gasteiger partial charge in [0.1, 0.15) is 0 Å². The van der Waals surface area contributed by atoms with Crippen LogP contribution in [0, 0.1) is 11.8 Å². The van der Waals surface area contributed by atoms with Gasteiger partial charge in [0.15, 0.2) is 0 Å². The predicted octanol–water partition coefficient (Wildman–Crippen LogP) is 2.95. The van der Waals surface area contributed by atoms with Gasteiger partial charge in [-0.05, 0) is 44.6 Å². The first-order valence-electron chi connectivity index (χ1n) is 6.07. The summed E-state index contributed by atoms with van der Waals surface area (Å²) >= 11 is 0. The predicted molar refractivity (Wildman–Crippen MR) is 56.8 cm³/mol. The summed E-state index contributed by atoms with van der Waals surface area (Å²) in [6.07, 6.45) is 11.9. The largest absolute Gasteiger partial charge is 0.317 e. The van der Waals surface area contributed by atoms with Crippen molar-refractivity contribution in [2.45, 2.75) is 57.4 Å². The second-order valence-corrected chi connectivity index (χ2v) is 4.96. The molecule has 76 valence electrons. The van der Waals surface area contributed by atoms with E-state index in [1.165, 1.54) is 51.4 Å². The van der Waals surface area contributed by atoms with Crippen LogP contribution in [0.5, 0.6) is 0 Å². The van der Waals surface area contributed by atoms with Crippen molar-refractivity contribution in [2.75, 3.05) is 7.05 Å². The molecule has 2 rings (SSSR count). The van der Waals surface area contributed by atoms with E-state index >= 15 is 0 Å². The van der Waals surface area contributed by atoms with Crippen molar-refractivity contribution in [1.29, 1.82) is 0 Å². The fourth-order valence-corrected chi connectivity index (χ4v) is 2.80. The molecular weight excluding hydrogens is 158 g/mol. The quantitative estimate of drug-likeness (QED) is 0.687. The Kier molecular flexibility index (Phi) is 3.26. The van der Waals surface area contributed by atoms with Crippen molar-refractivity contribution < 1.29 is 0 Å². The lowest BCUT2D eigenvalue weighted by Crippen LogP contribution is -2.32. The number of nitrogens with one attached hydrogen (secondary N) is 1. The average molecular weight is 181 g/mol. The molecule has 0 aromatic heterocycles. The van der Waals surface area contributed by atoms with Gasteiger partial charge in [-0.1, -0.05) is 25.7 Å². The molecule has 1 unspecified atom stereocenters. The Bertz CT molecular complexity index is 145. The second kappa shape index (κ2) is 4.45. The molecule has 2 fully saturated rings. The summed E-state index contributed by atoms with van der Waals surface area (Å²) in [6.45, 7) is 0. The summed E-state index contributed by atoms with van der Waals surface area (Å²) < 4.78 is 0. The van der Waals surface area contributed by atoms with Crippen LogP contribution in [0.25, 0.3) is 0 Å². The summed E-state index contributed by atoms with van der Waals surface area (Å²) in [5.74, 6) is 2.11. The first kappa shape index (κ1) is 9.51. The van der Waals surface area contributed by atoms with E-state index in [-0.39, 0.29) is 0 Å². The summed E-state index contributed by atoms with van der Waals surface area (Å²) in [5.41, 5.74) is 0. The lowest BCUT2D eigenvalue weighted by Gasteiger charge is -2.22. The third-order valence-corrected chi connectivity index (χ3v) is 3.92. The summed E-state index contributed by atoms with van der Waals surface area (Å²) in [4.78, 5) is 0. The van der Waals surface area contributed by atoms with Crippen LogP contribution in [0.3, 0.4) is 0 Å². The highest BCUT2D eigenvalue weighted by Crippen LogP contribution is 2.36. The third kappa shape index (κ3) is 2.70. The van der Waals surface area contributed by atoms with Crippen LogP contribution in [0.1, 0.15) is 51.4 Å². The lowest BCUT2D eigenvalue weighted by molar-refractivity contribution is 0.347. The minimum Gasteiger partial charge on any atom is -0.317 e. The highest BCUT2D eigenvalue weighted by atomic mass is 14.9. The standard InChI is InChI=1S/C12H23N/c1-13-12(9-8-10-6-7-10)11-4-2-3-5-11/h10-13H,2-9H2,1H3. The van der Waals surface area contributed by atoms with Crippen molar-refractivity contribution in [3.63, 3.8) is 0 Å². The van der Waals surface area contributed by atoms with Gasteiger partial charge in [-0.25, -0.2) is 0 Å². The maximum Gasteiger partial charge on any atom is 0.00924 e. The van der Waals surface area contributed by atoms with Crippen LogP contribution >= 0.6 is 0 Å². The van der Waals surface area contributed by atoms with Gasteiger partial charge < -0.3 is 5.32 Å². The van der Waals surface area contributed by atoms with Crippen LogP contribution in [0.2, 0.25) is 0 Å². The summed E-state index contributed by atoms with van der Waals surface area (Å²) in [6, 6.07) is 0.836. The van der Waals surface area contributed by atoms with E-state index < -0.39 is 0 Å². The summed E-state index contributed by atoms with van der Waals surface area (Å²) in [7, 11) is 2.15. The van der Waals surface area contributed by atoms with Gasteiger partial charge in [-0.3, -0.25) is 0 Å². The zero-order valence-corrected chi connectivity index (χ0v) is 8.89. The number of hydrogen-bond donors (Lipinski definition) is 1. The maximum absolute atomic E-state index is 3.53. The Morgan fingerprint density at radius 1 is 1.15 bits per heavy atom. The third-order valence-electron chi connectivity index (χ3n) is 3.92. The maximum atomic E-state index is 3.53. The Labute approximate surface area is 82.3 Å². The minimum absolute atomic E-state index is 0.836. The molecule has 1 nitrogen and oxygen atoms in total. The van der Waals surface area contributed by atoms with E-state index in [1.807, 2.05) is 0 Å². The average Bonchev–Trinajstić information content (AvgIpc) is 2.81. The van der Waals surface area contributed by atoms with Gasteiger partial charge in [0.05, 0.1) is 0 Å². The molecule has 1 N–H and O–H groups in total. The van der Waals surface area contributed by atoms with Crippen LogP contribution in [0.15, 0.2) is 0 Å². The van der Waals surface area contributed by atoms with Gasteiger partial charge in [0.2, 0.25) is 0 Å². The van der Waals surface area contributed by atoms with Crippen molar-refractivity contribution in [3.8, 4) is 0 Å². The Morgan fingerprint density at radius 3 is 2.38 bits per heavy atom. The minimum atomic E-state index is 0.836. The van der Waals surface area contributed by atoms with Gasteiger partial charge >= 0.3 is 0 Å². The first-order chi connectivity index (χ1) is 6.40. The monoisotopic (exact) mass is 181 g/mol. The molecule has 0 aromatic rings. The highest BCUT2D eigenvalue weighted by Gasteiger charge is 2.27. The van der Waals surface area contributed by atoms with Crippen molar-refractivity contribution in [2.24, 2.45) is 11.8 Å². The molecule has 13 heavy (non-hydrogen) atoms. The molecule has 0 saturated heterocycles. The van der Waals surface area contributed by atoms with Crippen LogP contribution in [0.4, 0.5) is 0 Å². The van der Waals surface area contributed by atoms with Gasteiger partial charge in [0, 0.05) is 6.04 Å². The van der Waals surface area contributed by atoms with Crippen LogP contribution < -0.4 is 5.32 Å². The molecule has 0 heterocycles. The van der Waals surface area contributed by atoms with Gasteiger partial charge in [0.25, 0.3) is 0 Å². The summed E-state index contributed by atoms with van der Waals surface area (Å²) in [5, 5.41) is 3.53. The zero-order chi connectivity index (χ0) is 9.10. The van der Waals surface area contributed by atoms with Crippen molar-refractivity contribution in [3.05, 3.63) is 0 Å². The van der Waals surface area contributed by atoms with E-state index in [2.05, 4.69) is 12.4 Å². The Morgan fingerprint density at radius 2 is 1.85 bits per heavy atom. The number of hydrogen-bond acceptors (Lipinski definition) is 1. The first-order valence-corrected chi connectivity index (χ1v) is 6.07. The molecule has 0 bridgehead atoms. The molecule has 1 heteroatoms. The Balaban J connectivity index is 1.70. The molecule has 0 spiro atoms. The molecule has 2 aliphatic carbocycles. The fourth-order valence-electron chi connectivity index (χ4n) is 2.80. The molecule has 2 saturated carbocycles. The van der Waals surface area contributed by atoms with E-state index in [0.29, 0.717) is 0 Å². The molecule has 0 aliphatic heterocycles. The van der Waals surface area contributed by atoms with Crippen molar-refractivity contribution in [1.82, 2.24) is 5.32 Å².